The van der Waals surface area contributed by atoms with Crippen LogP contribution in [0.1, 0.15) is 29.2 Å². The summed E-state index contributed by atoms with van der Waals surface area (Å²) in [7, 11) is 1.60. The highest BCUT2D eigenvalue weighted by Crippen LogP contribution is 2.44. The Kier molecular flexibility index (Phi) is 5.74. The van der Waals surface area contributed by atoms with Gasteiger partial charge in [0, 0.05) is 29.5 Å². The summed E-state index contributed by atoms with van der Waals surface area (Å²) in [6.45, 7) is 2.08. The molecule has 0 amide bonds. The van der Waals surface area contributed by atoms with Gasteiger partial charge in [-0.25, -0.2) is 0 Å². The topological polar surface area (TPSA) is 55.2 Å². The smallest absolute Gasteiger partial charge is 0.174 e. The predicted octanol–water partition coefficient (Wildman–Crippen LogP) is 5.41. The molecule has 33 heavy (non-hydrogen) atoms. The number of aromatic nitrogens is 3. The molecular formula is C25H22ClN5OS. The standard InChI is InChI=1S/C25H22ClN5OS/c1-16-8-10-21(30(16)18-6-5-12-27-15-18)24-23(20-7-3-4-13-28-20)29-25(33)31(24)17-9-11-22(32-2)19(26)14-17/h3-15,23-24H,1-2H3,(H,29,33)/t23-,24-/m1/s1. The van der Waals surface area contributed by atoms with E-state index in [4.69, 9.17) is 28.6 Å². The maximum absolute atomic E-state index is 6.49. The van der Waals surface area contributed by atoms with Gasteiger partial charge in [0.15, 0.2) is 5.11 Å². The van der Waals surface area contributed by atoms with Gasteiger partial charge in [-0.15, -0.1) is 0 Å². The number of pyridine rings is 2. The molecule has 2 atom stereocenters. The van der Waals surface area contributed by atoms with E-state index in [1.807, 2.05) is 48.7 Å². The molecule has 5 rings (SSSR count). The van der Waals surface area contributed by atoms with Gasteiger partial charge in [0.25, 0.3) is 0 Å². The number of nitrogens with zero attached hydrogens (tertiary/aromatic N) is 4. The van der Waals surface area contributed by atoms with Gasteiger partial charge in [-0.2, -0.15) is 0 Å². The molecule has 1 aromatic carbocycles. The Hall–Kier alpha value is -3.42. The van der Waals surface area contributed by atoms with Crippen LogP contribution >= 0.6 is 23.8 Å². The fourth-order valence-corrected chi connectivity index (χ4v) is 4.96. The highest BCUT2D eigenvalue weighted by molar-refractivity contribution is 7.80. The van der Waals surface area contributed by atoms with E-state index in [-0.39, 0.29) is 12.1 Å². The molecule has 4 aromatic rings. The van der Waals surface area contributed by atoms with Crippen molar-refractivity contribution in [2.24, 2.45) is 0 Å². The van der Waals surface area contributed by atoms with Crippen molar-refractivity contribution in [3.8, 4) is 11.4 Å². The molecule has 1 aliphatic rings. The van der Waals surface area contributed by atoms with Crippen molar-refractivity contribution in [3.63, 3.8) is 0 Å². The van der Waals surface area contributed by atoms with Crippen LogP contribution in [0, 0.1) is 6.92 Å². The number of benzene rings is 1. The fraction of sp³-hybridized carbons (Fsp3) is 0.160. The van der Waals surface area contributed by atoms with Crippen LogP contribution in [0.2, 0.25) is 5.02 Å². The highest BCUT2D eigenvalue weighted by atomic mass is 35.5. The van der Waals surface area contributed by atoms with E-state index in [0.717, 1.165) is 28.5 Å². The average Bonchev–Trinajstić information content (AvgIpc) is 3.39. The number of anilines is 1. The van der Waals surface area contributed by atoms with Gasteiger partial charge in [0.2, 0.25) is 0 Å². The second kappa shape index (κ2) is 8.84. The van der Waals surface area contributed by atoms with Crippen molar-refractivity contribution in [1.82, 2.24) is 19.9 Å². The molecule has 0 bridgehead atoms. The summed E-state index contributed by atoms with van der Waals surface area (Å²) >= 11 is 12.3. The van der Waals surface area contributed by atoms with Gasteiger partial charge in [0.1, 0.15) is 11.8 Å². The summed E-state index contributed by atoms with van der Waals surface area (Å²) in [4.78, 5) is 11.1. The Morgan fingerprint density at radius 2 is 1.91 bits per heavy atom. The first-order valence-electron chi connectivity index (χ1n) is 10.5. The molecule has 0 radical (unpaired) electrons. The molecule has 1 saturated heterocycles. The van der Waals surface area contributed by atoms with Gasteiger partial charge in [-0.1, -0.05) is 17.7 Å². The van der Waals surface area contributed by atoms with Gasteiger partial charge in [-0.3, -0.25) is 9.97 Å². The molecule has 0 aliphatic carbocycles. The predicted molar refractivity (Wildman–Crippen MR) is 134 cm³/mol. The number of methoxy groups -OCH3 is 1. The SMILES string of the molecule is COc1ccc(N2C(=S)N[C@H](c3ccccn3)[C@H]2c2ccc(C)n2-c2cccnc2)cc1Cl. The first-order valence-corrected chi connectivity index (χ1v) is 11.3. The summed E-state index contributed by atoms with van der Waals surface area (Å²) in [5.74, 6) is 0.617. The number of halogens is 1. The molecule has 1 aliphatic heterocycles. The monoisotopic (exact) mass is 475 g/mol. The largest absolute Gasteiger partial charge is 0.495 e. The lowest BCUT2D eigenvalue weighted by molar-refractivity contribution is 0.415. The maximum Gasteiger partial charge on any atom is 0.174 e. The average molecular weight is 476 g/mol. The fourth-order valence-electron chi connectivity index (χ4n) is 4.37. The van der Waals surface area contributed by atoms with Crippen LogP contribution in [0.25, 0.3) is 5.69 Å². The van der Waals surface area contributed by atoms with Crippen LogP contribution in [0.15, 0.2) is 79.3 Å². The third-order valence-electron chi connectivity index (χ3n) is 5.83. The number of ether oxygens (including phenoxy) is 1. The van der Waals surface area contributed by atoms with Gasteiger partial charge < -0.3 is 19.5 Å². The second-order valence-corrected chi connectivity index (χ2v) is 8.56. The van der Waals surface area contributed by atoms with Crippen LogP contribution in [-0.4, -0.2) is 26.8 Å². The molecular weight excluding hydrogens is 454 g/mol. The third kappa shape index (κ3) is 3.83. The summed E-state index contributed by atoms with van der Waals surface area (Å²) in [5.41, 5.74) is 4.93. The van der Waals surface area contributed by atoms with E-state index in [0.29, 0.717) is 15.9 Å². The Morgan fingerprint density at radius 1 is 1.03 bits per heavy atom. The van der Waals surface area contributed by atoms with E-state index in [1.54, 1.807) is 19.5 Å². The Morgan fingerprint density at radius 3 is 2.61 bits per heavy atom. The second-order valence-electron chi connectivity index (χ2n) is 7.76. The van der Waals surface area contributed by atoms with Crippen LogP contribution in [0.4, 0.5) is 5.69 Å². The van der Waals surface area contributed by atoms with Crippen molar-refractivity contribution in [2.45, 2.75) is 19.0 Å². The third-order valence-corrected chi connectivity index (χ3v) is 6.43. The first kappa shape index (κ1) is 21.4. The highest BCUT2D eigenvalue weighted by Gasteiger charge is 2.42. The van der Waals surface area contributed by atoms with Crippen molar-refractivity contribution < 1.29 is 4.74 Å². The lowest BCUT2D eigenvalue weighted by Gasteiger charge is -2.29. The first-order chi connectivity index (χ1) is 16.1. The quantitative estimate of drug-likeness (QED) is 0.389. The molecule has 1 N–H and O–H groups in total. The Balaban J connectivity index is 1.69. The minimum absolute atomic E-state index is 0.163. The van der Waals surface area contributed by atoms with E-state index >= 15 is 0 Å². The van der Waals surface area contributed by atoms with E-state index in [9.17, 15) is 0 Å². The van der Waals surface area contributed by atoms with Gasteiger partial charge in [0.05, 0.1) is 35.8 Å². The van der Waals surface area contributed by atoms with Crippen LogP contribution in [0.5, 0.6) is 5.75 Å². The number of thiocarbonyl (C=S) groups is 1. The van der Waals surface area contributed by atoms with E-state index in [1.165, 1.54) is 0 Å². The Labute approximate surface area is 202 Å². The molecule has 0 spiro atoms. The normalized spacial score (nSPS) is 17.8. The summed E-state index contributed by atoms with van der Waals surface area (Å²) in [6.07, 6.45) is 5.44. The Bertz CT molecular complexity index is 1290. The molecule has 6 nitrogen and oxygen atoms in total. The molecule has 0 saturated carbocycles. The lowest BCUT2D eigenvalue weighted by Crippen LogP contribution is -2.30. The number of aryl methyl sites for hydroxylation is 1. The van der Waals surface area contributed by atoms with E-state index < -0.39 is 0 Å². The van der Waals surface area contributed by atoms with Gasteiger partial charge >= 0.3 is 0 Å². The van der Waals surface area contributed by atoms with Crippen LogP contribution in [0.3, 0.4) is 0 Å². The van der Waals surface area contributed by atoms with Crippen molar-refractivity contribution in [1.29, 1.82) is 0 Å². The minimum atomic E-state index is -0.175. The van der Waals surface area contributed by atoms with Crippen molar-refractivity contribution in [3.05, 3.63) is 101 Å². The van der Waals surface area contributed by atoms with Crippen molar-refractivity contribution >= 4 is 34.6 Å². The number of hydrogen-bond acceptors (Lipinski definition) is 4. The zero-order valence-electron chi connectivity index (χ0n) is 18.1. The molecule has 1 fully saturated rings. The minimum Gasteiger partial charge on any atom is -0.495 e. The zero-order chi connectivity index (χ0) is 22.9. The maximum atomic E-state index is 6.49. The zero-order valence-corrected chi connectivity index (χ0v) is 19.7. The molecule has 0 unspecified atom stereocenters. The summed E-state index contributed by atoms with van der Waals surface area (Å²) < 4.78 is 7.56. The van der Waals surface area contributed by atoms with Crippen LogP contribution in [-0.2, 0) is 0 Å². The van der Waals surface area contributed by atoms with E-state index in [2.05, 4.69) is 49.9 Å². The molecule has 3 aromatic heterocycles. The summed E-state index contributed by atoms with van der Waals surface area (Å²) in [5, 5.41) is 4.62. The molecule has 4 heterocycles. The molecule has 8 heteroatoms. The number of hydrogen-bond donors (Lipinski definition) is 1. The van der Waals surface area contributed by atoms with Gasteiger partial charge in [-0.05, 0) is 73.7 Å². The van der Waals surface area contributed by atoms with Crippen molar-refractivity contribution in [2.75, 3.05) is 12.0 Å². The molecule has 166 valence electrons. The number of rotatable bonds is 5. The van der Waals surface area contributed by atoms with Crippen LogP contribution < -0.4 is 15.0 Å². The number of nitrogens with one attached hydrogen (secondary N) is 1. The lowest BCUT2D eigenvalue weighted by atomic mass is 10.0. The summed E-state index contributed by atoms with van der Waals surface area (Å²) in [6, 6.07) is 19.5.